The molecule has 3 amide bonds. The standard InChI is InChI=1S/C30H35N3O4/c1-20(21-7-3-2-4-8-21)28(23-11-13-24(14-12-23)29(36)31-18-17-27(34)35)33-30(37)32-26-16-15-22-9-5-6-10-25(22)19-26/h5-6,9-16,19-21,28H,2-4,7-8,17-18H2,1H3,(H,31,36)(H,34,35)(H2,32,33,37)/t20-,28?/m0/s1. The molecule has 0 aromatic heterocycles. The molecule has 0 spiro atoms. The summed E-state index contributed by atoms with van der Waals surface area (Å²) < 4.78 is 0. The summed E-state index contributed by atoms with van der Waals surface area (Å²) in [4.78, 5) is 36.2. The number of benzene rings is 3. The maximum Gasteiger partial charge on any atom is 0.319 e. The molecular weight excluding hydrogens is 466 g/mol. The Balaban J connectivity index is 1.49. The molecule has 7 nitrogen and oxygen atoms in total. The van der Waals surface area contributed by atoms with Crippen molar-refractivity contribution in [2.45, 2.75) is 51.5 Å². The summed E-state index contributed by atoms with van der Waals surface area (Å²) in [6.45, 7) is 2.28. The minimum atomic E-state index is -0.955. The molecule has 7 heteroatoms. The van der Waals surface area contributed by atoms with Crippen molar-refractivity contribution in [2.75, 3.05) is 11.9 Å². The van der Waals surface area contributed by atoms with Gasteiger partial charge in [0.2, 0.25) is 0 Å². The van der Waals surface area contributed by atoms with Crippen LogP contribution in [0.4, 0.5) is 10.5 Å². The summed E-state index contributed by atoms with van der Waals surface area (Å²) in [6.07, 6.45) is 5.85. The zero-order chi connectivity index (χ0) is 26.2. The molecule has 4 N–H and O–H groups in total. The highest BCUT2D eigenvalue weighted by atomic mass is 16.4. The lowest BCUT2D eigenvalue weighted by Gasteiger charge is -2.34. The van der Waals surface area contributed by atoms with E-state index in [1.165, 1.54) is 19.3 Å². The second-order valence-corrected chi connectivity index (χ2v) is 9.92. The number of carbonyl (C=O) groups excluding carboxylic acids is 2. The Hall–Kier alpha value is -3.87. The second kappa shape index (κ2) is 12.4. The molecule has 1 aliphatic carbocycles. The van der Waals surface area contributed by atoms with Gasteiger partial charge in [0.15, 0.2) is 0 Å². The molecule has 4 rings (SSSR count). The lowest BCUT2D eigenvalue weighted by molar-refractivity contribution is -0.136. The molecular formula is C30H35N3O4. The second-order valence-electron chi connectivity index (χ2n) is 9.92. The Kier molecular flexibility index (Phi) is 8.77. The first-order valence-electron chi connectivity index (χ1n) is 13.1. The summed E-state index contributed by atoms with van der Waals surface area (Å²) in [7, 11) is 0. The van der Waals surface area contributed by atoms with Crippen LogP contribution < -0.4 is 16.0 Å². The highest BCUT2D eigenvalue weighted by molar-refractivity contribution is 5.95. The molecule has 37 heavy (non-hydrogen) atoms. The number of hydrogen-bond donors (Lipinski definition) is 4. The van der Waals surface area contributed by atoms with E-state index in [1.54, 1.807) is 12.1 Å². The van der Waals surface area contributed by atoms with Gasteiger partial charge in [-0.1, -0.05) is 81.5 Å². The fourth-order valence-electron chi connectivity index (χ4n) is 5.25. The first-order valence-corrected chi connectivity index (χ1v) is 13.1. The van der Waals surface area contributed by atoms with Crippen LogP contribution in [0.15, 0.2) is 66.7 Å². The molecule has 1 unspecified atom stereocenters. The molecule has 2 atom stereocenters. The van der Waals surface area contributed by atoms with Gasteiger partial charge in [0, 0.05) is 17.8 Å². The maximum atomic E-state index is 13.1. The van der Waals surface area contributed by atoms with Gasteiger partial charge in [-0.25, -0.2) is 4.79 Å². The number of fused-ring (bicyclic) bond motifs is 1. The molecule has 0 bridgehead atoms. The van der Waals surface area contributed by atoms with Gasteiger partial charge < -0.3 is 21.1 Å². The molecule has 1 aliphatic rings. The van der Waals surface area contributed by atoms with Crippen molar-refractivity contribution >= 4 is 34.4 Å². The smallest absolute Gasteiger partial charge is 0.319 e. The Morgan fingerprint density at radius 3 is 2.32 bits per heavy atom. The van der Waals surface area contributed by atoms with Gasteiger partial charge in [0.1, 0.15) is 0 Å². The topological polar surface area (TPSA) is 108 Å². The highest BCUT2D eigenvalue weighted by Gasteiger charge is 2.29. The van der Waals surface area contributed by atoms with Crippen molar-refractivity contribution in [2.24, 2.45) is 11.8 Å². The van der Waals surface area contributed by atoms with Gasteiger partial charge in [0.05, 0.1) is 12.5 Å². The number of nitrogens with one attached hydrogen (secondary N) is 3. The fourth-order valence-corrected chi connectivity index (χ4v) is 5.25. The minimum Gasteiger partial charge on any atom is -0.481 e. The first kappa shape index (κ1) is 26.2. The number of hydrogen-bond acceptors (Lipinski definition) is 3. The predicted molar refractivity (Wildman–Crippen MR) is 146 cm³/mol. The highest BCUT2D eigenvalue weighted by Crippen LogP contribution is 2.37. The van der Waals surface area contributed by atoms with Crippen LogP contribution in [0.5, 0.6) is 0 Å². The molecule has 3 aromatic carbocycles. The number of carbonyl (C=O) groups is 3. The zero-order valence-corrected chi connectivity index (χ0v) is 21.2. The predicted octanol–water partition coefficient (Wildman–Crippen LogP) is 6.12. The number of aliphatic carboxylic acids is 1. The zero-order valence-electron chi connectivity index (χ0n) is 21.2. The Labute approximate surface area is 217 Å². The van der Waals surface area contributed by atoms with Crippen molar-refractivity contribution in [1.29, 1.82) is 0 Å². The summed E-state index contributed by atoms with van der Waals surface area (Å²) in [5.41, 5.74) is 2.13. The van der Waals surface area contributed by atoms with Gasteiger partial charge in [-0.15, -0.1) is 0 Å². The molecule has 0 aliphatic heterocycles. The van der Waals surface area contributed by atoms with Crippen LogP contribution in [0.1, 0.15) is 67.4 Å². The Morgan fingerprint density at radius 1 is 0.919 bits per heavy atom. The van der Waals surface area contributed by atoms with E-state index >= 15 is 0 Å². The molecule has 1 fully saturated rings. The number of anilines is 1. The van der Waals surface area contributed by atoms with E-state index in [0.29, 0.717) is 11.5 Å². The monoisotopic (exact) mass is 501 g/mol. The van der Waals surface area contributed by atoms with Gasteiger partial charge >= 0.3 is 12.0 Å². The van der Waals surface area contributed by atoms with E-state index in [1.807, 2.05) is 54.6 Å². The van der Waals surface area contributed by atoms with E-state index in [-0.39, 0.29) is 36.9 Å². The summed E-state index contributed by atoms with van der Waals surface area (Å²) in [5.74, 6) is -0.536. The minimum absolute atomic E-state index is 0.0771. The van der Waals surface area contributed by atoms with E-state index in [9.17, 15) is 14.4 Å². The quantitative estimate of drug-likeness (QED) is 0.283. The maximum absolute atomic E-state index is 13.1. The van der Waals surface area contributed by atoms with Crippen molar-refractivity contribution in [3.05, 3.63) is 77.9 Å². The Bertz CT molecular complexity index is 1240. The molecule has 1 saturated carbocycles. The SMILES string of the molecule is C[C@@H](C1CCCCC1)C(NC(=O)Nc1ccc2ccccc2c1)c1ccc(C(=O)NCCC(=O)O)cc1. The van der Waals surface area contributed by atoms with Crippen molar-refractivity contribution in [3.63, 3.8) is 0 Å². The molecule has 0 radical (unpaired) electrons. The third-order valence-electron chi connectivity index (χ3n) is 7.37. The third-order valence-corrected chi connectivity index (χ3v) is 7.37. The van der Waals surface area contributed by atoms with Crippen LogP contribution in [-0.4, -0.2) is 29.6 Å². The lowest BCUT2D eigenvalue weighted by atomic mass is 9.76. The molecule has 3 aromatic rings. The summed E-state index contributed by atoms with van der Waals surface area (Å²) >= 11 is 0. The third kappa shape index (κ3) is 7.09. The number of rotatable bonds is 9. The summed E-state index contributed by atoms with van der Waals surface area (Å²) in [5, 5.41) is 19.8. The number of urea groups is 1. The largest absolute Gasteiger partial charge is 0.481 e. The van der Waals surface area contributed by atoms with E-state index in [4.69, 9.17) is 5.11 Å². The average molecular weight is 502 g/mol. The van der Waals surface area contributed by atoms with Crippen LogP contribution in [-0.2, 0) is 4.79 Å². The fraction of sp³-hybridized carbons (Fsp3) is 0.367. The number of amides is 3. The Morgan fingerprint density at radius 2 is 1.62 bits per heavy atom. The average Bonchev–Trinajstić information content (AvgIpc) is 2.91. The van der Waals surface area contributed by atoms with Gasteiger partial charge in [-0.05, 0) is 52.4 Å². The molecule has 0 saturated heterocycles. The molecule has 0 heterocycles. The van der Waals surface area contributed by atoms with Crippen molar-refractivity contribution < 1.29 is 19.5 Å². The van der Waals surface area contributed by atoms with Crippen LogP contribution in [0.2, 0.25) is 0 Å². The summed E-state index contributed by atoms with van der Waals surface area (Å²) in [6, 6.07) is 20.6. The first-order chi connectivity index (χ1) is 17.9. The molecule has 194 valence electrons. The lowest BCUT2D eigenvalue weighted by Crippen LogP contribution is -2.38. The van der Waals surface area contributed by atoms with Gasteiger partial charge in [-0.3, -0.25) is 9.59 Å². The van der Waals surface area contributed by atoms with Crippen LogP contribution >= 0.6 is 0 Å². The van der Waals surface area contributed by atoms with E-state index < -0.39 is 5.97 Å². The van der Waals surface area contributed by atoms with Crippen LogP contribution in [0, 0.1) is 11.8 Å². The van der Waals surface area contributed by atoms with E-state index in [2.05, 4.69) is 22.9 Å². The van der Waals surface area contributed by atoms with Crippen molar-refractivity contribution in [1.82, 2.24) is 10.6 Å². The van der Waals surface area contributed by atoms with E-state index in [0.717, 1.165) is 34.9 Å². The van der Waals surface area contributed by atoms with Gasteiger partial charge in [0.25, 0.3) is 5.91 Å². The number of carboxylic acid groups (broad SMARTS) is 1. The normalized spacial score (nSPS) is 15.5. The van der Waals surface area contributed by atoms with Crippen LogP contribution in [0.3, 0.4) is 0 Å². The van der Waals surface area contributed by atoms with Gasteiger partial charge in [-0.2, -0.15) is 0 Å². The van der Waals surface area contributed by atoms with Crippen LogP contribution in [0.25, 0.3) is 10.8 Å². The number of carboxylic acids is 1. The van der Waals surface area contributed by atoms with Crippen molar-refractivity contribution in [3.8, 4) is 0 Å².